The van der Waals surface area contributed by atoms with Crippen LogP contribution in [0, 0.1) is 11.8 Å². The van der Waals surface area contributed by atoms with Gasteiger partial charge in [0.2, 0.25) is 5.91 Å². The molecule has 16 heavy (non-hydrogen) atoms. The third-order valence-electron chi connectivity index (χ3n) is 3.38. The first-order chi connectivity index (χ1) is 7.77. The van der Waals surface area contributed by atoms with Gasteiger partial charge in [0.1, 0.15) is 0 Å². The van der Waals surface area contributed by atoms with Crippen LogP contribution in [0.25, 0.3) is 0 Å². The molecule has 0 aromatic heterocycles. The fourth-order valence-corrected chi connectivity index (χ4v) is 2.23. The average Bonchev–Trinajstić information content (AvgIpc) is 2.34. The lowest BCUT2D eigenvalue weighted by molar-refractivity contribution is -0.126. The molecule has 0 heterocycles. The largest absolute Gasteiger partial charge is 0.385 e. The van der Waals surface area contributed by atoms with Crippen LogP contribution >= 0.6 is 0 Å². The smallest absolute Gasteiger partial charge is 0.223 e. The fourth-order valence-electron chi connectivity index (χ4n) is 2.23. The lowest BCUT2D eigenvalue weighted by atomic mass is 9.81. The quantitative estimate of drug-likeness (QED) is 0.664. The van der Waals surface area contributed by atoms with Crippen LogP contribution in [0.3, 0.4) is 0 Å². The monoisotopic (exact) mass is 228 g/mol. The first-order valence-corrected chi connectivity index (χ1v) is 6.24. The van der Waals surface area contributed by atoms with Crippen LogP contribution in [0.5, 0.6) is 0 Å². The molecule has 1 fully saturated rings. The Hall–Kier alpha value is -0.610. The summed E-state index contributed by atoms with van der Waals surface area (Å²) in [5, 5.41) is 2.97. The van der Waals surface area contributed by atoms with Crippen molar-refractivity contribution < 1.29 is 9.53 Å². The number of amides is 1. The SMILES string of the molecule is COCCCNC(=O)C1CCC(CN)CC1. The Kier molecular flexibility index (Phi) is 6.42. The molecule has 1 aliphatic carbocycles. The topological polar surface area (TPSA) is 64.3 Å². The van der Waals surface area contributed by atoms with E-state index in [1.807, 2.05) is 0 Å². The summed E-state index contributed by atoms with van der Waals surface area (Å²) in [7, 11) is 1.68. The first-order valence-electron chi connectivity index (χ1n) is 6.24. The molecule has 4 heteroatoms. The van der Waals surface area contributed by atoms with Crippen molar-refractivity contribution in [2.45, 2.75) is 32.1 Å². The summed E-state index contributed by atoms with van der Waals surface area (Å²) in [5.41, 5.74) is 5.62. The summed E-state index contributed by atoms with van der Waals surface area (Å²) < 4.78 is 4.93. The van der Waals surface area contributed by atoms with Gasteiger partial charge in [-0.3, -0.25) is 4.79 Å². The second-order valence-electron chi connectivity index (χ2n) is 4.59. The van der Waals surface area contributed by atoms with E-state index in [9.17, 15) is 4.79 Å². The molecule has 3 N–H and O–H groups in total. The second kappa shape index (κ2) is 7.63. The summed E-state index contributed by atoms with van der Waals surface area (Å²) in [4.78, 5) is 11.8. The number of hydrogen-bond donors (Lipinski definition) is 2. The Morgan fingerprint density at radius 3 is 2.62 bits per heavy atom. The van der Waals surface area contributed by atoms with Crippen molar-refractivity contribution in [2.75, 3.05) is 26.8 Å². The van der Waals surface area contributed by atoms with Gasteiger partial charge in [0.25, 0.3) is 0 Å². The van der Waals surface area contributed by atoms with E-state index >= 15 is 0 Å². The fraction of sp³-hybridized carbons (Fsp3) is 0.917. The Morgan fingerprint density at radius 1 is 1.38 bits per heavy atom. The van der Waals surface area contributed by atoms with Gasteiger partial charge < -0.3 is 15.8 Å². The minimum atomic E-state index is 0.213. The minimum absolute atomic E-state index is 0.213. The number of hydrogen-bond acceptors (Lipinski definition) is 3. The van der Waals surface area contributed by atoms with Gasteiger partial charge in [-0.1, -0.05) is 0 Å². The van der Waals surface area contributed by atoms with Gasteiger partial charge >= 0.3 is 0 Å². The third-order valence-corrected chi connectivity index (χ3v) is 3.38. The van der Waals surface area contributed by atoms with Crippen LogP contribution in [-0.4, -0.2) is 32.7 Å². The van der Waals surface area contributed by atoms with E-state index in [2.05, 4.69) is 5.32 Å². The molecule has 1 aliphatic rings. The van der Waals surface area contributed by atoms with Gasteiger partial charge in [0.15, 0.2) is 0 Å². The summed E-state index contributed by atoms with van der Waals surface area (Å²) in [6, 6.07) is 0. The zero-order valence-electron chi connectivity index (χ0n) is 10.2. The Morgan fingerprint density at radius 2 is 2.06 bits per heavy atom. The molecule has 0 aliphatic heterocycles. The maximum Gasteiger partial charge on any atom is 0.223 e. The van der Waals surface area contributed by atoms with Crippen LogP contribution < -0.4 is 11.1 Å². The van der Waals surface area contributed by atoms with Crippen LogP contribution in [0.4, 0.5) is 0 Å². The van der Waals surface area contributed by atoms with E-state index in [-0.39, 0.29) is 11.8 Å². The maximum atomic E-state index is 11.8. The van der Waals surface area contributed by atoms with Crippen molar-refractivity contribution in [2.24, 2.45) is 17.6 Å². The molecule has 0 spiro atoms. The van der Waals surface area contributed by atoms with Crippen molar-refractivity contribution >= 4 is 5.91 Å². The molecule has 0 aromatic carbocycles. The molecule has 4 nitrogen and oxygen atoms in total. The maximum absolute atomic E-state index is 11.8. The molecule has 0 saturated heterocycles. The molecule has 0 radical (unpaired) electrons. The van der Waals surface area contributed by atoms with E-state index in [1.54, 1.807) is 7.11 Å². The molecule has 0 atom stereocenters. The van der Waals surface area contributed by atoms with Crippen LogP contribution in [0.15, 0.2) is 0 Å². The number of ether oxygens (including phenoxy) is 1. The van der Waals surface area contributed by atoms with Crippen molar-refractivity contribution in [1.82, 2.24) is 5.32 Å². The number of nitrogens with two attached hydrogens (primary N) is 1. The normalized spacial score (nSPS) is 25.4. The van der Waals surface area contributed by atoms with E-state index in [0.717, 1.165) is 45.2 Å². The molecule has 1 rings (SSSR count). The summed E-state index contributed by atoms with van der Waals surface area (Å²) >= 11 is 0. The van der Waals surface area contributed by atoms with Gasteiger partial charge in [-0.2, -0.15) is 0 Å². The molecule has 0 aromatic rings. The van der Waals surface area contributed by atoms with Crippen molar-refractivity contribution in [3.05, 3.63) is 0 Å². The number of nitrogens with one attached hydrogen (secondary N) is 1. The molecule has 1 saturated carbocycles. The number of carbonyl (C=O) groups excluding carboxylic acids is 1. The zero-order valence-corrected chi connectivity index (χ0v) is 10.2. The van der Waals surface area contributed by atoms with E-state index in [0.29, 0.717) is 12.5 Å². The minimum Gasteiger partial charge on any atom is -0.385 e. The Bertz CT molecular complexity index is 201. The van der Waals surface area contributed by atoms with Crippen LogP contribution in [-0.2, 0) is 9.53 Å². The lowest BCUT2D eigenvalue weighted by Gasteiger charge is -2.26. The highest BCUT2D eigenvalue weighted by atomic mass is 16.5. The summed E-state index contributed by atoms with van der Waals surface area (Å²) in [5.74, 6) is 1.06. The average molecular weight is 228 g/mol. The van der Waals surface area contributed by atoms with Gasteiger partial charge in [-0.25, -0.2) is 0 Å². The number of carbonyl (C=O) groups is 1. The lowest BCUT2D eigenvalue weighted by Crippen LogP contribution is -2.35. The van der Waals surface area contributed by atoms with Crippen molar-refractivity contribution in [3.8, 4) is 0 Å². The molecular weight excluding hydrogens is 204 g/mol. The van der Waals surface area contributed by atoms with E-state index < -0.39 is 0 Å². The van der Waals surface area contributed by atoms with Crippen molar-refractivity contribution in [3.63, 3.8) is 0 Å². The summed E-state index contributed by atoms with van der Waals surface area (Å²) in [6.45, 7) is 2.20. The highest BCUT2D eigenvalue weighted by molar-refractivity contribution is 5.78. The highest BCUT2D eigenvalue weighted by Crippen LogP contribution is 2.27. The molecular formula is C12H24N2O2. The van der Waals surface area contributed by atoms with Crippen LogP contribution in [0.1, 0.15) is 32.1 Å². The van der Waals surface area contributed by atoms with Gasteiger partial charge in [-0.15, -0.1) is 0 Å². The standard InChI is InChI=1S/C12H24N2O2/c1-16-8-2-7-14-12(15)11-5-3-10(9-13)4-6-11/h10-11H,2-9,13H2,1H3,(H,14,15). The second-order valence-corrected chi connectivity index (χ2v) is 4.59. The predicted molar refractivity (Wildman–Crippen MR) is 64.0 cm³/mol. The van der Waals surface area contributed by atoms with E-state index in [4.69, 9.17) is 10.5 Å². The molecule has 0 unspecified atom stereocenters. The molecule has 0 bridgehead atoms. The van der Waals surface area contributed by atoms with Crippen molar-refractivity contribution in [1.29, 1.82) is 0 Å². The highest BCUT2D eigenvalue weighted by Gasteiger charge is 2.25. The van der Waals surface area contributed by atoms with Gasteiger partial charge in [0, 0.05) is 26.2 Å². The van der Waals surface area contributed by atoms with Gasteiger partial charge in [0.05, 0.1) is 0 Å². The number of methoxy groups -OCH3 is 1. The molecule has 1 amide bonds. The third kappa shape index (κ3) is 4.49. The zero-order chi connectivity index (χ0) is 11.8. The van der Waals surface area contributed by atoms with Crippen LogP contribution in [0.2, 0.25) is 0 Å². The predicted octanol–water partition coefficient (Wildman–Crippen LogP) is 0.904. The summed E-state index contributed by atoms with van der Waals surface area (Å²) in [6.07, 6.45) is 5.09. The van der Waals surface area contributed by atoms with E-state index in [1.165, 1.54) is 0 Å². The molecule has 94 valence electrons. The first kappa shape index (κ1) is 13.5. The number of rotatable bonds is 6. The van der Waals surface area contributed by atoms with Gasteiger partial charge in [-0.05, 0) is 44.6 Å². The Labute approximate surface area is 97.9 Å². The Balaban J connectivity index is 2.13.